The van der Waals surface area contributed by atoms with Crippen LogP contribution in [-0.4, -0.2) is 40.6 Å². The molecule has 1 atom stereocenters. The molecule has 0 amide bonds. The molecule has 1 unspecified atom stereocenters. The van der Waals surface area contributed by atoms with Crippen molar-refractivity contribution in [1.82, 2.24) is 9.80 Å². The Morgan fingerprint density at radius 1 is 1.14 bits per heavy atom. The molecule has 3 nitrogen and oxygen atoms in total. The number of likely N-dealkylation sites (tertiary alicyclic amines) is 1. The Morgan fingerprint density at radius 3 is 2.37 bits per heavy atom. The smallest absolute Gasteiger partial charge is 0.0679 e. The van der Waals surface area contributed by atoms with Gasteiger partial charge in [0.1, 0.15) is 0 Å². The van der Waals surface area contributed by atoms with Crippen LogP contribution >= 0.6 is 0 Å². The molecule has 0 spiro atoms. The number of hydrogen-bond acceptors (Lipinski definition) is 3. The molecule has 1 aromatic carbocycles. The third kappa shape index (κ3) is 9.01. The maximum atomic E-state index is 9.60. The van der Waals surface area contributed by atoms with Gasteiger partial charge in [-0.1, -0.05) is 88.6 Å². The van der Waals surface area contributed by atoms with E-state index in [9.17, 15) is 5.11 Å². The molecule has 0 bridgehead atoms. The summed E-state index contributed by atoms with van der Waals surface area (Å²) in [6.45, 7) is 26.8. The molecule has 1 aromatic rings. The van der Waals surface area contributed by atoms with Crippen LogP contribution < -0.4 is 10.4 Å². The van der Waals surface area contributed by atoms with Gasteiger partial charge in [-0.05, 0) is 67.3 Å². The van der Waals surface area contributed by atoms with Crippen molar-refractivity contribution in [3.05, 3.63) is 107 Å². The Balaban J connectivity index is 0.000000354. The van der Waals surface area contributed by atoms with E-state index in [4.69, 9.17) is 0 Å². The summed E-state index contributed by atoms with van der Waals surface area (Å²) in [7, 11) is 0. The van der Waals surface area contributed by atoms with Crippen molar-refractivity contribution >= 4 is 11.6 Å². The minimum Gasteiger partial charge on any atom is -0.392 e. The highest BCUT2D eigenvalue weighted by molar-refractivity contribution is 5.55. The number of aliphatic hydroxyl groups excluding tert-OH is 1. The lowest BCUT2D eigenvalue weighted by atomic mass is 10.1. The number of β-amino-alcohol motifs (C(OH)–C–C–N with tert-alkyl or cyclic N) is 1. The van der Waals surface area contributed by atoms with E-state index in [0.29, 0.717) is 0 Å². The van der Waals surface area contributed by atoms with Crippen LogP contribution in [0.2, 0.25) is 0 Å². The van der Waals surface area contributed by atoms with Crippen LogP contribution in [0, 0.1) is 0 Å². The quantitative estimate of drug-likeness (QED) is 0.543. The Kier molecular flexibility index (Phi) is 13.7. The molecule has 3 rings (SSSR count). The molecule has 0 aliphatic carbocycles. The molecule has 2 aliphatic heterocycles. The minimum absolute atomic E-state index is 0.188. The van der Waals surface area contributed by atoms with Gasteiger partial charge >= 0.3 is 0 Å². The second-order valence-electron chi connectivity index (χ2n) is 8.56. The standard InChI is InChI=1S/C17H24N2O.C13H16.C2H6/c1-13(2)15(4)17-7-5-6-9-19(17)14(3)11-18-10-8-16(20)12-18;1-4-11(5-2)13-10-8-7-9-12(13)6-3;1-2/h5-7,9,16,20H,1,3,8,10-12H2,2,4H3;4,6-10H,1,5H2,2-3H3;1-2H3/b17-15+;12-6-,13-11+;. The molecular formula is C32H46N2O. The monoisotopic (exact) mass is 474 g/mol. The summed E-state index contributed by atoms with van der Waals surface area (Å²) in [4.78, 5) is 4.36. The first-order valence-corrected chi connectivity index (χ1v) is 12.8. The van der Waals surface area contributed by atoms with Crippen molar-refractivity contribution in [2.24, 2.45) is 0 Å². The Hall–Kier alpha value is -2.88. The second-order valence-corrected chi connectivity index (χ2v) is 8.56. The predicted molar refractivity (Wildman–Crippen MR) is 155 cm³/mol. The van der Waals surface area contributed by atoms with Gasteiger partial charge in [0.05, 0.1) is 6.10 Å². The van der Waals surface area contributed by atoms with Crippen LogP contribution in [0.1, 0.15) is 54.4 Å². The molecule has 0 saturated carbocycles. The fraction of sp³-hybridized carbons (Fsp3) is 0.375. The van der Waals surface area contributed by atoms with E-state index >= 15 is 0 Å². The third-order valence-corrected chi connectivity index (χ3v) is 6.12. The van der Waals surface area contributed by atoms with Crippen molar-refractivity contribution in [2.45, 2.75) is 60.5 Å². The molecule has 0 aromatic heterocycles. The van der Waals surface area contributed by atoms with E-state index in [-0.39, 0.29) is 6.10 Å². The molecule has 1 saturated heterocycles. The maximum absolute atomic E-state index is 9.60. The molecule has 35 heavy (non-hydrogen) atoms. The number of allylic oxidation sites excluding steroid dienone is 6. The van der Waals surface area contributed by atoms with Gasteiger partial charge in [0.25, 0.3) is 0 Å². The van der Waals surface area contributed by atoms with Gasteiger partial charge in [-0.25, -0.2) is 0 Å². The van der Waals surface area contributed by atoms with Gasteiger partial charge in [-0.2, -0.15) is 0 Å². The molecular weight excluding hydrogens is 428 g/mol. The van der Waals surface area contributed by atoms with E-state index in [1.165, 1.54) is 21.6 Å². The fourth-order valence-electron chi connectivity index (χ4n) is 4.02. The fourth-order valence-corrected chi connectivity index (χ4v) is 4.02. The summed E-state index contributed by atoms with van der Waals surface area (Å²) in [5.41, 5.74) is 5.70. The lowest BCUT2D eigenvalue weighted by Gasteiger charge is -2.30. The summed E-state index contributed by atoms with van der Waals surface area (Å²) in [5, 5.41) is 12.2. The van der Waals surface area contributed by atoms with Crippen molar-refractivity contribution in [3.8, 4) is 0 Å². The Morgan fingerprint density at radius 2 is 1.83 bits per heavy atom. The van der Waals surface area contributed by atoms with Crippen molar-refractivity contribution in [2.75, 3.05) is 19.6 Å². The van der Waals surface area contributed by atoms with E-state index in [2.05, 4.69) is 86.7 Å². The van der Waals surface area contributed by atoms with Crippen LogP contribution in [0.3, 0.4) is 0 Å². The van der Waals surface area contributed by atoms with E-state index in [1.807, 2.05) is 45.2 Å². The number of hydrogen-bond donors (Lipinski definition) is 1. The van der Waals surface area contributed by atoms with E-state index in [0.717, 1.165) is 49.4 Å². The van der Waals surface area contributed by atoms with Crippen molar-refractivity contribution in [3.63, 3.8) is 0 Å². The molecule has 3 heteroatoms. The number of nitrogens with zero attached hydrogens (tertiary/aromatic N) is 2. The van der Waals surface area contributed by atoms with E-state index in [1.54, 1.807) is 0 Å². The largest absolute Gasteiger partial charge is 0.392 e. The summed E-state index contributed by atoms with van der Waals surface area (Å²) in [6, 6.07) is 8.42. The second kappa shape index (κ2) is 15.9. The number of aliphatic hydroxyl groups is 1. The highest BCUT2D eigenvalue weighted by Gasteiger charge is 2.22. The molecule has 190 valence electrons. The molecule has 2 aliphatic rings. The zero-order chi connectivity index (χ0) is 26.4. The Labute approximate surface area is 214 Å². The van der Waals surface area contributed by atoms with Crippen LogP contribution in [0.4, 0.5) is 0 Å². The first kappa shape index (κ1) is 30.2. The average Bonchev–Trinajstić information content (AvgIpc) is 3.30. The maximum Gasteiger partial charge on any atom is 0.0679 e. The third-order valence-electron chi connectivity index (χ3n) is 6.12. The summed E-state index contributed by atoms with van der Waals surface area (Å²) < 4.78 is 0. The summed E-state index contributed by atoms with van der Waals surface area (Å²) >= 11 is 0. The average molecular weight is 475 g/mol. The van der Waals surface area contributed by atoms with Gasteiger partial charge in [-0.3, -0.25) is 4.90 Å². The van der Waals surface area contributed by atoms with Crippen LogP contribution in [-0.2, 0) is 0 Å². The molecule has 1 fully saturated rings. The van der Waals surface area contributed by atoms with E-state index < -0.39 is 0 Å². The van der Waals surface area contributed by atoms with Gasteiger partial charge < -0.3 is 10.0 Å². The summed E-state index contributed by atoms with van der Waals surface area (Å²) in [5.74, 6) is 0. The topological polar surface area (TPSA) is 26.7 Å². The highest BCUT2D eigenvalue weighted by atomic mass is 16.3. The van der Waals surface area contributed by atoms with Crippen molar-refractivity contribution < 1.29 is 5.11 Å². The van der Waals surface area contributed by atoms with Crippen LogP contribution in [0.5, 0.6) is 0 Å². The van der Waals surface area contributed by atoms with Gasteiger partial charge in [0.2, 0.25) is 0 Å². The zero-order valence-corrected chi connectivity index (χ0v) is 22.8. The highest BCUT2D eigenvalue weighted by Crippen LogP contribution is 2.25. The van der Waals surface area contributed by atoms with Gasteiger partial charge in [-0.15, -0.1) is 0 Å². The normalized spacial score (nSPS) is 19.8. The van der Waals surface area contributed by atoms with Crippen molar-refractivity contribution in [1.29, 1.82) is 0 Å². The minimum atomic E-state index is -0.188. The van der Waals surface area contributed by atoms with Gasteiger partial charge in [0, 0.05) is 37.2 Å². The predicted octanol–water partition coefficient (Wildman–Crippen LogP) is 6.06. The lowest BCUT2D eigenvalue weighted by molar-refractivity contribution is 0.177. The molecule has 2 heterocycles. The molecule has 0 radical (unpaired) electrons. The van der Waals surface area contributed by atoms with Gasteiger partial charge in [0.15, 0.2) is 0 Å². The first-order valence-electron chi connectivity index (χ1n) is 12.8. The van der Waals surface area contributed by atoms with Crippen LogP contribution in [0.15, 0.2) is 97.0 Å². The summed E-state index contributed by atoms with van der Waals surface area (Å²) in [6.07, 6.45) is 14.0. The van der Waals surface area contributed by atoms with Crippen LogP contribution in [0.25, 0.3) is 11.6 Å². The Bertz CT molecular complexity index is 1070. The first-order chi connectivity index (χ1) is 16.8. The number of rotatable bonds is 6. The zero-order valence-electron chi connectivity index (χ0n) is 22.8. The SMILES string of the molecule is C=C(C)/C(C)=C1\C=CC=CN1C(=C)CN1CCC(O)C1.C=C/C(CC)=c1/cccc/c1=C/C.CC. The molecule has 1 N–H and O–H groups in total. The number of benzene rings is 1. The lowest BCUT2D eigenvalue weighted by Crippen LogP contribution is -2.30.